The second-order valence-corrected chi connectivity index (χ2v) is 218. The molecule has 0 amide bonds. The molecule has 0 bridgehead atoms. The third kappa shape index (κ3) is 115. The molecule has 0 fully saturated rings. The summed E-state index contributed by atoms with van der Waals surface area (Å²) in [5.74, 6) is 0.871. The summed E-state index contributed by atoms with van der Waals surface area (Å²) in [4.78, 5) is 12.1. The van der Waals surface area contributed by atoms with Crippen molar-refractivity contribution in [2.24, 2.45) is 0 Å². The van der Waals surface area contributed by atoms with Crippen molar-refractivity contribution in [3.05, 3.63) is 46.0 Å². The van der Waals surface area contributed by atoms with Gasteiger partial charge in [0.1, 0.15) is 5.76 Å². The minimum atomic E-state index is -0.213. The van der Waals surface area contributed by atoms with Gasteiger partial charge in [-0.15, -0.1) is 0 Å². The summed E-state index contributed by atoms with van der Waals surface area (Å²) in [5, 5.41) is 1.75. The van der Waals surface area contributed by atoms with Crippen LogP contribution >= 0.6 is 0 Å². The molecule has 0 radical (unpaired) electrons. The molecule has 2 aromatic rings. The molecule has 1 heterocycles. The highest BCUT2D eigenvalue weighted by atomic mass is 33.6. The van der Waals surface area contributed by atoms with Crippen LogP contribution in [0, 0.1) is 0 Å². The van der Waals surface area contributed by atoms with Crippen LogP contribution in [-0.4, -0.2) is 0 Å². The molecule has 0 saturated heterocycles. The van der Waals surface area contributed by atoms with E-state index in [2.05, 4.69) is 27.7 Å². The third-order valence-corrected chi connectivity index (χ3v) is 261. The van der Waals surface area contributed by atoms with Crippen LogP contribution in [0.15, 0.2) is 33.5 Å². The molecular weight excluding hydrogens is 3980 g/mol. The normalized spacial score (nSPS) is 9.51. The number of benzene rings is 1. The summed E-state index contributed by atoms with van der Waals surface area (Å²) in [5.41, 5.74) is 0.982. The second kappa shape index (κ2) is 132. The summed E-state index contributed by atoms with van der Waals surface area (Å²) in [6.07, 6.45) is 1.01. The molecule has 0 aliphatic heterocycles. The van der Waals surface area contributed by atoms with Gasteiger partial charge >= 0.3 is 5.63 Å². The van der Waals surface area contributed by atoms with E-state index < -0.39 is 0 Å². The van der Waals surface area contributed by atoms with Gasteiger partial charge in [0.05, 0.1) is 5.39 Å². The van der Waals surface area contributed by atoms with E-state index in [1.54, 1.807) is 107 Å². The molecule has 0 atom stereocenters. The smallest absolute Gasteiger partial charge is 0.343 e. The standard InChI is InChI=1S/C16H18O2.S117/c1-15(2)9-16(3,4)13-12(15)10-7-5-6-8-11(10)14(17)18-13;1-3-5-7-9-11-13-15-17-19-21-23-25-27-29-31-33-35-37-39-41-43-45-47-49-51-53-55-57-59-61-63-65-67-69-71-73-75-77-79-81-83-85-87-89-91-93-95-97-99-101-103-105-107-109-111-113-115-117-116-114-112-110-108-106-104-102-100-98-96-94-92-90-88-86-84-82-80-78-76-74-72-70-68-66-64-62-60-58-56-54-52-50-48-46-44-42-40-38-36-34-32-30-28-26-24-22-20-18-16-14-12-10-8-6-4-2/h5-8H,9H2,1-4H3;. The highest BCUT2D eigenvalue weighted by Crippen LogP contribution is 2.50. The minimum absolute atomic E-state index is 0.0512. The molecule has 119 heteroatoms. The molecule has 1 aliphatic carbocycles. The zero-order chi connectivity index (χ0) is 96.4. The van der Waals surface area contributed by atoms with Crippen LogP contribution < -0.4 is 5.63 Å². The maximum atomic E-state index is 12.1. The topological polar surface area (TPSA) is 30.2 Å². The van der Waals surface area contributed by atoms with Crippen molar-refractivity contribution >= 4 is 1050 Å². The van der Waals surface area contributed by atoms with Crippen molar-refractivity contribution in [3.63, 3.8) is 0 Å². The Morgan fingerprint density at radius 1 is 0.170 bits per heavy atom. The van der Waals surface area contributed by atoms with Gasteiger partial charge in [-0.1, -0.05) is 45.9 Å². The van der Waals surface area contributed by atoms with Crippen molar-refractivity contribution in [1.82, 2.24) is 0 Å². The van der Waals surface area contributed by atoms with E-state index in [-0.39, 0.29) is 16.5 Å². The first kappa shape index (κ1) is 155. The molecule has 3 rings (SSSR count). The van der Waals surface area contributed by atoms with Crippen LogP contribution in [0.3, 0.4) is 0 Å². The lowest BCUT2D eigenvalue weighted by Gasteiger charge is -2.21. The summed E-state index contributed by atoms with van der Waals surface area (Å²) >= 11 is 9.67. The Labute approximate surface area is 1110 Å². The zero-order valence-electron chi connectivity index (χ0n) is 59.1. The molecular formula is C16H18O2S117. The molecule has 1 aromatic heterocycles. The van der Waals surface area contributed by atoms with Gasteiger partial charge < -0.3 is 4.42 Å². The van der Waals surface area contributed by atoms with Crippen molar-refractivity contribution in [2.75, 3.05) is 0 Å². The number of hydrogen-bond acceptors (Lipinski definition) is 4. The lowest BCUT2D eigenvalue weighted by Crippen LogP contribution is -2.18. The summed E-state index contributed by atoms with van der Waals surface area (Å²) < 4.78 is 5.63. The van der Waals surface area contributed by atoms with Gasteiger partial charge in [-0.05, 0) is 23.3 Å². The predicted octanol–water partition coefficient (Wildman–Crippen LogP) is 3.47. The molecule has 0 N–H and O–H groups in total. The molecule has 1 aromatic carbocycles. The Kier molecular flexibility index (Phi) is 152. The number of hydrogen-bond donors (Lipinski definition) is 0. The molecule has 0 spiro atoms. The van der Waals surface area contributed by atoms with E-state index in [0.29, 0.717) is 5.39 Å². The van der Waals surface area contributed by atoms with Crippen LogP contribution in [0.2, 0.25) is 0 Å². The SMILES string of the molecule is CC1(C)CC(C)(C)c2c1oc(=O)c1ccccc21.S=S=S=S=S=S=S=S=S=S=S=S=S=S=S=S=S=S=S=S=S=S=S=S=S=S=S=S=S=S=S=S=S=S=S=S=S=S=S=S=S=S=S=S=S=S=S=S=S=S=S=S=S=S=S=S=S=S=S=S=S=S=S=S=S=S=S=S=S=S=S=S=S=S=S=S=S=S=S=S=S=S=S=S=S=S=S=S=S=S=S=S=S=S=S=S=S=S=S=S=S=S=S=S=S=S=S=S=S=S=S=S=S=S=S=S=S. The van der Waals surface area contributed by atoms with E-state index in [1.807, 2.05) is 921 Å². The van der Waals surface area contributed by atoms with Gasteiger partial charge in [-0.25, -0.2) is 4.79 Å². The van der Waals surface area contributed by atoms with Gasteiger partial charge in [0.15, 0.2) is 0 Å². The van der Waals surface area contributed by atoms with Crippen LogP contribution in [0.4, 0.5) is 0 Å². The van der Waals surface area contributed by atoms with E-state index in [1.165, 1.54) is 23.3 Å². The highest BCUT2D eigenvalue weighted by Gasteiger charge is 2.45. The van der Waals surface area contributed by atoms with Crippen LogP contribution in [0.25, 0.3) is 10.8 Å². The Bertz CT molecular complexity index is 10200. The molecule has 135 heavy (non-hydrogen) atoms. The average molecular weight is 3990 g/mol. The molecule has 0 saturated carbocycles. The molecule has 2 nitrogen and oxygen atoms in total. The average Bonchev–Trinajstić information content (AvgIpc) is 1.57. The van der Waals surface area contributed by atoms with Gasteiger partial charge in [-0.2, -0.15) is 0 Å². The fraction of sp³-hybridized carbons (Fsp3) is 0.438. The van der Waals surface area contributed by atoms with Crippen LogP contribution in [-0.2, 0) is 1050 Å². The van der Waals surface area contributed by atoms with E-state index in [9.17, 15) is 4.79 Å². The van der Waals surface area contributed by atoms with E-state index >= 15 is 0 Å². The minimum Gasteiger partial charge on any atom is -0.427 e. The highest BCUT2D eigenvalue weighted by molar-refractivity contribution is 8.89. The lowest BCUT2D eigenvalue weighted by atomic mass is 9.81. The fourth-order valence-electron chi connectivity index (χ4n) is 4.90. The maximum Gasteiger partial charge on any atom is 0.343 e. The molecule has 796 valence electrons. The van der Waals surface area contributed by atoms with E-state index in [0.717, 1.165) is 17.6 Å². The molecule has 1 aliphatic rings. The fourth-order valence-corrected chi connectivity index (χ4v) is 315. The predicted molar refractivity (Wildman–Crippen MR) is 935 cm³/mol. The Hall–Kier alpha value is 24.2. The zero-order valence-corrected chi connectivity index (χ0v) is 155. The number of rotatable bonds is 0. The lowest BCUT2D eigenvalue weighted by molar-refractivity contribution is 0.346. The summed E-state index contributed by atoms with van der Waals surface area (Å²) in [7, 11) is 209. The Morgan fingerprint density at radius 2 is 0.274 bits per heavy atom. The van der Waals surface area contributed by atoms with Crippen molar-refractivity contribution < 1.29 is 4.42 Å². The van der Waals surface area contributed by atoms with Gasteiger partial charge in [0.25, 0.3) is 0 Å². The first-order valence-corrected chi connectivity index (χ1v) is 180. The Balaban J connectivity index is 0.00000300. The number of fused-ring (bicyclic) bond motifs is 3. The first-order chi connectivity index (χ1) is 66.7. The Morgan fingerprint density at radius 3 is 0.385 bits per heavy atom. The van der Waals surface area contributed by atoms with Gasteiger partial charge in [-0.3, -0.25) is 0 Å². The third-order valence-electron chi connectivity index (χ3n) is 7.18. The van der Waals surface area contributed by atoms with Crippen molar-refractivity contribution in [1.29, 1.82) is 0 Å². The van der Waals surface area contributed by atoms with Crippen LogP contribution in [0.5, 0.6) is 0 Å². The monoisotopic (exact) mass is 3980 g/mol. The van der Waals surface area contributed by atoms with Gasteiger partial charge in [0.2, 0.25) is 0 Å². The van der Waals surface area contributed by atoms with Crippen LogP contribution in [0.1, 0.15) is 45.4 Å². The summed E-state index contributed by atoms with van der Waals surface area (Å²) in [6, 6.07) is 7.76. The van der Waals surface area contributed by atoms with Crippen molar-refractivity contribution in [2.45, 2.75) is 44.9 Å². The summed E-state index contributed by atoms with van der Waals surface area (Å²) in [6.45, 7) is 8.76. The molecule has 0 unspecified atom stereocenters. The van der Waals surface area contributed by atoms with E-state index in [4.69, 9.17) is 26.8 Å². The largest absolute Gasteiger partial charge is 0.427 e. The maximum absolute atomic E-state index is 12.1. The second-order valence-electron chi connectivity index (χ2n) is 14.4. The quantitative estimate of drug-likeness (QED) is 0.405. The van der Waals surface area contributed by atoms with Gasteiger partial charge in [0, 0.05) is 1050 Å². The first-order valence-electron chi connectivity index (χ1n) is 25.7. The van der Waals surface area contributed by atoms with Crippen molar-refractivity contribution in [3.8, 4) is 0 Å².